The maximum absolute atomic E-state index is 12.7. The monoisotopic (exact) mass is 349 g/mol. The van der Waals surface area contributed by atoms with E-state index in [9.17, 15) is 4.79 Å². The van der Waals surface area contributed by atoms with Crippen molar-refractivity contribution in [3.05, 3.63) is 54.4 Å². The van der Waals surface area contributed by atoms with E-state index in [4.69, 9.17) is 4.98 Å². The number of benzene rings is 1. The Hall–Kier alpha value is -2.89. The average molecular weight is 349 g/mol. The molecule has 0 aliphatic carbocycles. The van der Waals surface area contributed by atoms with E-state index in [2.05, 4.69) is 28.2 Å². The molecule has 3 aromatic rings. The first-order valence-electron chi connectivity index (χ1n) is 8.98. The number of amides is 1. The van der Waals surface area contributed by atoms with Gasteiger partial charge in [-0.1, -0.05) is 18.2 Å². The molecule has 2 aromatic heterocycles. The zero-order chi connectivity index (χ0) is 18.1. The van der Waals surface area contributed by atoms with E-state index < -0.39 is 0 Å². The highest BCUT2D eigenvalue weighted by Crippen LogP contribution is 2.23. The molecule has 26 heavy (non-hydrogen) atoms. The minimum Gasteiger partial charge on any atom is -0.355 e. The Morgan fingerprint density at radius 2 is 2.08 bits per heavy atom. The van der Waals surface area contributed by atoms with Crippen LogP contribution < -0.4 is 4.90 Å². The molecule has 1 saturated heterocycles. The Morgan fingerprint density at radius 1 is 1.23 bits per heavy atom. The van der Waals surface area contributed by atoms with Gasteiger partial charge in [0.25, 0.3) is 5.91 Å². The molecular weight excluding hydrogens is 326 g/mol. The van der Waals surface area contributed by atoms with Crippen LogP contribution in [0.15, 0.2) is 48.8 Å². The standard InChI is InChI=1S/C20H23N5O/c1-23-13-16(12-21-23)20(26)24(2)17-7-5-11-25(14-17)19-10-9-15-6-3-4-8-18(15)22-19/h3-4,6,8-10,12-13,17H,5,7,11,14H2,1-2H3. The Labute approximate surface area is 153 Å². The van der Waals surface area contributed by atoms with Crippen molar-refractivity contribution in [1.82, 2.24) is 19.7 Å². The number of hydrogen-bond acceptors (Lipinski definition) is 4. The molecule has 4 rings (SSSR count). The number of pyridine rings is 1. The molecule has 1 amide bonds. The third kappa shape index (κ3) is 3.14. The third-order valence-corrected chi connectivity index (χ3v) is 5.12. The SMILES string of the molecule is CN(C(=O)c1cnn(C)c1)C1CCCN(c2ccc3ccccc3n2)C1. The maximum atomic E-state index is 12.7. The molecule has 1 aliphatic heterocycles. The van der Waals surface area contributed by atoms with Gasteiger partial charge in [-0.3, -0.25) is 9.48 Å². The van der Waals surface area contributed by atoms with Gasteiger partial charge in [-0.15, -0.1) is 0 Å². The largest absolute Gasteiger partial charge is 0.355 e. The molecule has 1 fully saturated rings. The van der Waals surface area contributed by atoms with Gasteiger partial charge in [0.15, 0.2) is 0 Å². The van der Waals surface area contributed by atoms with Crippen LogP contribution in [0.1, 0.15) is 23.2 Å². The van der Waals surface area contributed by atoms with E-state index in [-0.39, 0.29) is 11.9 Å². The van der Waals surface area contributed by atoms with Crippen molar-refractivity contribution in [1.29, 1.82) is 0 Å². The number of fused-ring (bicyclic) bond motifs is 1. The predicted molar refractivity (Wildman–Crippen MR) is 102 cm³/mol. The van der Waals surface area contributed by atoms with Crippen LogP contribution in [0.3, 0.4) is 0 Å². The van der Waals surface area contributed by atoms with Gasteiger partial charge >= 0.3 is 0 Å². The summed E-state index contributed by atoms with van der Waals surface area (Å²) in [5, 5.41) is 5.25. The second-order valence-electron chi connectivity index (χ2n) is 6.92. The summed E-state index contributed by atoms with van der Waals surface area (Å²) in [5.74, 6) is 1.01. The fourth-order valence-corrected chi connectivity index (χ4v) is 3.61. The van der Waals surface area contributed by atoms with Crippen LogP contribution in [0.2, 0.25) is 0 Å². The van der Waals surface area contributed by atoms with Crippen LogP contribution in [0.5, 0.6) is 0 Å². The van der Waals surface area contributed by atoms with E-state index in [0.29, 0.717) is 5.56 Å². The number of para-hydroxylation sites is 1. The van der Waals surface area contributed by atoms with Gasteiger partial charge in [0, 0.05) is 44.8 Å². The summed E-state index contributed by atoms with van der Waals surface area (Å²) in [6.45, 7) is 1.77. The first kappa shape index (κ1) is 16.6. The Balaban J connectivity index is 1.52. The molecule has 1 aromatic carbocycles. The maximum Gasteiger partial charge on any atom is 0.257 e. The lowest BCUT2D eigenvalue weighted by molar-refractivity contribution is 0.0717. The summed E-state index contributed by atoms with van der Waals surface area (Å²) in [4.78, 5) is 21.7. The average Bonchev–Trinajstić information content (AvgIpc) is 3.13. The van der Waals surface area contributed by atoms with Crippen LogP contribution in [-0.4, -0.2) is 51.8 Å². The molecule has 134 valence electrons. The number of aromatic nitrogens is 3. The van der Waals surface area contributed by atoms with Crippen LogP contribution >= 0.6 is 0 Å². The van der Waals surface area contributed by atoms with E-state index in [1.807, 2.05) is 37.2 Å². The molecule has 6 nitrogen and oxygen atoms in total. The molecule has 0 saturated carbocycles. The molecule has 0 spiro atoms. The van der Waals surface area contributed by atoms with Crippen molar-refractivity contribution in [3.63, 3.8) is 0 Å². The number of nitrogens with zero attached hydrogens (tertiary/aromatic N) is 5. The number of aryl methyl sites for hydroxylation is 1. The van der Waals surface area contributed by atoms with Gasteiger partial charge in [0.2, 0.25) is 0 Å². The minimum atomic E-state index is 0.0245. The van der Waals surface area contributed by atoms with Crippen LogP contribution in [0, 0.1) is 0 Å². The Morgan fingerprint density at radius 3 is 2.88 bits per heavy atom. The second kappa shape index (κ2) is 6.78. The summed E-state index contributed by atoms with van der Waals surface area (Å²) in [6, 6.07) is 12.5. The Bertz CT molecular complexity index is 935. The van der Waals surface area contributed by atoms with E-state index in [1.54, 1.807) is 17.1 Å². The summed E-state index contributed by atoms with van der Waals surface area (Å²) >= 11 is 0. The Kier molecular flexibility index (Phi) is 4.32. The normalized spacial score (nSPS) is 17.5. The highest BCUT2D eigenvalue weighted by atomic mass is 16.2. The molecule has 1 atom stereocenters. The second-order valence-corrected chi connectivity index (χ2v) is 6.92. The number of hydrogen-bond donors (Lipinski definition) is 0. The lowest BCUT2D eigenvalue weighted by Gasteiger charge is -2.38. The molecule has 1 unspecified atom stereocenters. The lowest BCUT2D eigenvalue weighted by atomic mass is 10.0. The number of piperidine rings is 1. The number of carbonyl (C=O) groups excluding carboxylic acids is 1. The van der Waals surface area contributed by atoms with E-state index >= 15 is 0 Å². The summed E-state index contributed by atoms with van der Waals surface area (Å²) in [6.07, 6.45) is 5.45. The fraction of sp³-hybridized carbons (Fsp3) is 0.350. The van der Waals surface area contributed by atoms with Crippen molar-refractivity contribution in [2.75, 3.05) is 25.0 Å². The summed E-state index contributed by atoms with van der Waals surface area (Å²) in [7, 11) is 3.71. The van der Waals surface area contributed by atoms with Gasteiger partial charge < -0.3 is 9.80 Å². The molecule has 1 aliphatic rings. The summed E-state index contributed by atoms with van der Waals surface area (Å²) < 4.78 is 1.66. The molecule has 3 heterocycles. The molecule has 0 radical (unpaired) electrons. The molecule has 0 bridgehead atoms. The predicted octanol–water partition coefficient (Wildman–Crippen LogP) is 2.71. The number of anilines is 1. The number of likely N-dealkylation sites (N-methyl/N-ethyl adjacent to an activating group) is 1. The number of carbonyl (C=O) groups is 1. The van der Waals surface area contributed by atoms with Crippen molar-refractivity contribution < 1.29 is 4.79 Å². The van der Waals surface area contributed by atoms with Gasteiger partial charge in [-0.2, -0.15) is 5.10 Å². The van der Waals surface area contributed by atoms with E-state index in [0.717, 1.165) is 42.7 Å². The third-order valence-electron chi connectivity index (χ3n) is 5.12. The zero-order valence-electron chi connectivity index (χ0n) is 15.2. The first-order valence-corrected chi connectivity index (χ1v) is 8.98. The first-order chi connectivity index (χ1) is 12.6. The van der Waals surface area contributed by atoms with Gasteiger partial charge in [-0.25, -0.2) is 4.98 Å². The quantitative estimate of drug-likeness (QED) is 0.730. The zero-order valence-corrected chi connectivity index (χ0v) is 15.2. The van der Waals surface area contributed by atoms with Crippen molar-refractivity contribution in [2.45, 2.75) is 18.9 Å². The topological polar surface area (TPSA) is 54.3 Å². The van der Waals surface area contributed by atoms with E-state index in [1.165, 1.54) is 0 Å². The minimum absolute atomic E-state index is 0.0245. The molecular formula is C20H23N5O. The highest BCUT2D eigenvalue weighted by molar-refractivity contribution is 5.93. The molecule has 0 N–H and O–H groups in total. The number of rotatable bonds is 3. The van der Waals surface area contributed by atoms with Crippen molar-refractivity contribution in [3.8, 4) is 0 Å². The van der Waals surface area contributed by atoms with Crippen molar-refractivity contribution >= 4 is 22.6 Å². The highest BCUT2D eigenvalue weighted by Gasteiger charge is 2.27. The van der Waals surface area contributed by atoms with Crippen molar-refractivity contribution in [2.24, 2.45) is 7.05 Å². The van der Waals surface area contributed by atoms with Gasteiger partial charge in [0.1, 0.15) is 5.82 Å². The van der Waals surface area contributed by atoms with Crippen LogP contribution in [0.25, 0.3) is 10.9 Å². The van der Waals surface area contributed by atoms with Gasteiger partial charge in [-0.05, 0) is 31.0 Å². The van der Waals surface area contributed by atoms with Crippen LogP contribution in [0.4, 0.5) is 5.82 Å². The molecule has 6 heteroatoms. The van der Waals surface area contributed by atoms with Crippen LogP contribution in [-0.2, 0) is 7.05 Å². The lowest BCUT2D eigenvalue weighted by Crippen LogP contribution is -2.48. The smallest absolute Gasteiger partial charge is 0.257 e. The summed E-state index contributed by atoms with van der Waals surface area (Å²) in [5.41, 5.74) is 1.64. The van der Waals surface area contributed by atoms with Gasteiger partial charge in [0.05, 0.1) is 17.3 Å². The fourth-order valence-electron chi connectivity index (χ4n) is 3.61.